The zero-order chi connectivity index (χ0) is 14.5. The number of piperidine rings is 1. The molecule has 0 N–H and O–H groups in total. The SMILES string of the molecule is O=C1SC2(N3CCCCC3)OC1(c1ccccc1)C(=S)S2. The van der Waals surface area contributed by atoms with Crippen molar-refractivity contribution in [2.75, 3.05) is 13.1 Å². The third-order valence-corrected chi connectivity index (χ3v) is 7.41. The van der Waals surface area contributed by atoms with Crippen LogP contribution in [0, 0.1) is 0 Å². The van der Waals surface area contributed by atoms with E-state index in [1.807, 2.05) is 30.3 Å². The summed E-state index contributed by atoms with van der Waals surface area (Å²) in [6.07, 6.45) is 3.57. The normalized spacial score (nSPS) is 36.4. The predicted molar refractivity (Wildman–Crippen MR) is 90.1 cm³/mol. The summed E-state index contributed by atoms with van der Waals surface area (Å²) in [6, 6.07) is 9.66. The molecule has 2 unspecified atom stereocenters. The van der Waals surface area contributed by atoms with Crippen molar-refractivity contribution in [3.05, 3.63) is 35.9 Å². The van der Waals surface area contributed by atoms with Crippen LogP contribution in [0.4, 0.5) is 0 Å². The van der Waals surface area contributed by atoms with E-state index in [9.17, 15) is 4.79 Å². The van der Waals surface area contributed by atoms with Gasteiger partial charge in [-0.25, -0.2) is 0 Å². The van der Waals surface area contributed by atoms with Gasteiger partial charge in [0.1, 0.15) is 0 Å². The van der Waals surface area contributed by atoms with Gasteiger partial charge in [0.2, 0.25) is 15.1 Å². The lowest BCUT2D eigenvalue weighted by Gasteiger charge is -2.37. The molecule has 0 spiro atoms. The van der Waals surface area contributed by atoms with Crippen molar-refractivity contribution in [1.29, 1.82) is 0 Å². The Bertz CT molecular complexity index is 580. The molecule has 3 heterocycles. The number of thiocarbonyl (C=S) groups is 1. The molecule has 0 radical (unpaired) electrons. The summed E-state index contributed by atoms with van der Waals surface area (Å²) in [5, 5.41) is 0.0306. The van der Waals surface area contributed by atoms with Gasteiger partial charge in [-0.1, -0.05) is 60.7 Å². The molecule has 0 amide bonds. The van der Waals surface area contributed by atoms with Crippen LogP contribution < -0.4 is 0 Å². The van der Waals surface area contributed by atoms with E-state index in [0.29, 0.717) is 4.20 Å². The highest BCUT2D eigenvalue weighted by Crippen LogP contribution is 2.64. The van der Waals surface area contributed by atoms with Crippen molar-refractivity contribution in [2.45, 2.75) is 29.3 Å². The standard InChI is InChI=1S/C15H15NO2S3/c17-12-14(11-7-3-1-4-8-11)13(19)21-15(18-14,20-12)16-9-5-2-6-10-16/h1,3-4,7-8H,2,5-6,9-10H2. The van der Waals surface area contributed by atoms with E-state index in [4.69, 9.17) is 17.0 Å². The van der Waals surface area contributed by atoms with Crippen LogP contribution in [-0.4, -0.2) is 31.7 Å². The summed E-state index contributed by atoms with van der Waals surface area (Å²) in [5.41, 5.74) is -0.181. The predicted octanol–water partition coefficient (Wildman–Crippen LogP) is 3.34. The van der Waals surface area contributed by atoms with Crippen LogP contribution in [0.1, 0.15) is 24.8 Å². The van der Waals surface area contributed by atoms with Crippen LogP contribution in [-0.2, 0) is 15.1 Å². The Hall–Kier alpha value is -0.400. The van der Waals surface area contributed by atoms with Crippen molar-refractivity contribution < 1.29 is 9.53 Å². The molecule has 3 saturated heterocycles. The molecule has 3 aliphatic heterocycles. The smallest absolute Gasteiger partial charge is 0.236 e. The molecule has 3 fully saturated rings. The molecule has 110 valence electrons. The van der Waals surface area contributed by atoms with E-state index in [2.05, 4.69) is 4.90 Å². The molecule has 1 aromatic rings. The van der Waals surface area contributed by atoms with Crippen LogP contribution in [0.3, 0.4) is 0 Å². The first-order chi connectivity index (χ1) is 10.2. The van der Waals surface area contributed by atoms with E-state index in [1.54, 1.807) is 11.8 Å². The Morgan fingerprint density at radius 2 is 1.81 bits per heavy atom. The Morgan fingerprint density at radius 3 is 2.48 bits per heavy atom. The van der Waals surface area contributed by atoms with Gasteiger partial charge in [-0.3, -0.25) is 9.69 Å². The molecule has 2 atom stereocenters. The van der Waals surface area contributed by atoms with Gasteiger partial charge in [0, 0.05) is 13.1 Å². The number of fused-ring (bicyclic) bond motifs is 2. The van der Waals surface area contributed by atoms with Crippen molar-refractivity contribution >= 4 is 45.1 Å². The first kappa shape index (κ1) is 14.2. The number of benzene rings is 1. The van der Waals surface area contributed by atoms with Gasteiger partial charge < -0.3 is 4.74 Å². The Balaban J connectivity index is 1.75. The van der Waals surface area contributed by atoms with Crippen molar-refractivity contribution in [2.24, 2.45) is 0 Å². The van der Waals surface area contributed by atoms with Gasteiger partial charge in [0.15, 0.2) is 0 Å². The summed E-state index contributed by atoms with van der Waals surface area (Å²) < 4.78 is 6.38. The molecule has 3 aliphatic rings. The fourth-order valence-corrected chi connectivity index (χ4v) is 6.88. The number of likely N-dealkylation sites (tertiary alicyclic amines) is 1. The average molecular weight is 337 g/mol. The topological polar surface area (TPSA) is 29.5 Å². The van der Waals surface area contributed by atoms with Crippen molar-refractivity contribution in [3.8, 4) is 0 Å². The maximum atomic E-state index is 12.7. The lowest BCUT2D eigenvalue weighted by Crippen LogP contribution is -2.45. The van der Waals surface area contributed by atoms with Crippen LogP contribution in [0.2, 0.25) is 0 Å². The third-order valence-electron chi connectivity index (χ3n) is 4.22. The van der Waals surface area contributed by atoms with Gasteiger partial charge in [-0.2, -0.15) is 0 Å². The fourth-order valence-electron chi connectivity index (χ4n) is 3.13. The van der Waals surface area contributed by atoms with E-state index in [-0.39, 0.29) is 5.12 Å². The molecule has 0 aliphatic carbocycles. The van der Waals surface area contributed by atoms with Crippen molar-refractivity contribution in [1.82, 2.24) is 4.90 Å². The Morgan fingerprint density at radius 1 is 1.10 bits per heavy atom. The monoisotopic (exact) mass is 337 g/mol. The molecule has 0 saturated carbocycles. The third kappa shape index (κ3) is 1.96. The molecule has 3 nitrogen and oxygen atoms in total. The first-order valence-corrected chi connectivity index (χ1v) is 9.19. The summed E-state index contributed by atoms with van der Waals surface area (Å²) in [6.45, 7) is 1.95. The summed E-state index contributed by atoms with van der Waals surface area (Å²) in [7, 11) is 0. The maximum absolute atomic E-state index is 12.7. The lowest BCUT2D eigenvalue weighted by molar-refractivity contribution is -0.131. The van der Waals surface area contributed by atoms with Gasteiger partial charge in [0.25, 0.3) is 0 Å². The van der Waals surface area contributed by atoms with Gasteiger partial charge in [-0.15, -0.1) is 0 Å². The minimum absolute atomic E-state index is 0.0306. The molecule has 4 rings (SSSR count). The maximum Gasteiger partial charge on any atom is 0.236 e. The van der Waals surface area contributed by atoms with Gasteiger partial charge >= 0.3 is 0 Å². The second-order valence-corrected chi connectivity index (χ2v) is 8.72. The largest absolute Gasteiger partial charge is 0.315 e. The van der Waals surface area contributed by atoms with Crippen LogP contribution in [0.5, 0.6) is 0 Å². The number of thioether (sulfide) groups is 2. The zero-order valence-corrected chi connectivity index (χ0v) is 13.9. The van der Waals surface area contributed by atoms with Gasteiger partial charge in [-0.05, 0) is 30.2 Å². The lowest BCUT2D eigenvalue weighted by atomic mass is 9.97. The number of nitrogens with zero attached hydrogens (tertiary/aromatic N) is 1. The number of hydrogen-bond acceptors (Lipinski definition) is 6. The van der Waals surface area contributed by atoms with E-state index < -0.39 is 9.99 Å². The van der Waals surface area contributed by atoms with Crippen molar-refractivity contribution in [3.63, 3.8) is 0 Å². The van der Waals surface area contributed by atoms with Crippen LogP contribution in [0.15, 0.2) is 30.3 Å². The van der Waals surface area contributed by atoms with Crippen LogP contribution >= 0.6 is 35.7 Å². The molecule has 1 aromatic carbocycles. The molecule has 2 bridgehead atoms. The fraction of sp³-hybridized carbons (Fsp3) is 0.467. The zero-order valence-electron chi connectivity index (χ0n) is 11.4. The van der Waals surface area contributed by atoms with E-state index in [1.165, 1.54) is 18.2 Å². The Labute approximate surface area is 137 Å². The second kappa shape index (κ2) is 5.06. The summed E-state index contributed by atoms with van der Waals surface area (Å²) in [4.78, 5) is 15.0. The van der Waals surface area contributed by atoms with E-state index >= 15 is 0 Å². The molecule has 6 heteroatoms. The highest BCUT2D eigenvalue weighted by Gasteiger charge is 2.69. The molecular formula is C15H15NO2S3. The highest BCUT2D eigenvalue weighted by molar-refractivity contribution is 8.36. The molecule has 21 heavy (non-hydrogen) atoms. The second-order valence-electron chi connectivity index (χ2n) is 5.50. The number of ether oxygens (including phenoxy) is 1. The molecular weight excluding hydrogens is 322 g/mol. The van der Waals surface area contributed by atoms with Gasteiger partial charge in [0.05, 0.1) is 4.20 Å². The number of carbonyl (C=O) groups excluding carboxylic acids is 1. The van der Waals surface area contributed by atoms with Crippen LogP contribution in [0.25, 0.3) is 0 Å². The number of rotatable bonds is 2. The number of carbonyl (C=O) groups is 1. The highest BCUT2D eigenvalue weighted by atomic mass is 32.2. The summed E-state index contributed by atoms with van der Waals surface area (Å²) >= 11 is 8.41. The number of hydrogen-bond donors (Lipinski definition) is 0. The minimum atomic E-state index is -1.04. The van der Waals surface area contributed by atoms with E-state index in [0.717, 1.165) is 31.5 Å². The average Bonchev–Trinajstić information content (AvgIpc) is 3.00. The first-order valence-electron chi connectivity index (χ1n) is 7.15. The molecule has 0 aromatic heterocycles. The minimum Gasteiger partial charge on any atom is -0.315 e. The quantitative estimate of drug-likeness (QED) is 0.769. The summed E-state index contributed by atoms with van der Waals surface area (Å²) in [5.74, 6) is 0. The Kier molecular flexibility index (Phi) is 3.42.